The van der Waals surface area contributed by atoms with Gasteiger partial charge in [-0.2, -0.15) is 0 Å². The summed E-state index contributed by atoms with van der Waals surface area (Å²) < 4.78 is 5.45. The van der Waals surface area contributed by atoms with Crippen LogP contribution >= 0.6 is 0 Å². The second kappa shape index (κ2) is 4.56. The molecule has 0 unspecified atom stereocenters. The zero-order chi connectivity index (χ0) is 13.4. The fraction of sp³-hybridized carbons (Fsp3) is 0.467. The van der Waals surface area contributed by atoms with E-state index in [1.165, 1.54) is 22.5 Å². The van der Waals surface area contributed by atoms with Gasteiger partial charge >= 0.3 is 0 Å². The summed E-state index contributed by atoms with van der Waals surface area (Å²) in [6.45, 7) is 8.56. The minimum absolute atomic E-state index is 0.343. The Morgan fingerprint density at radius 3 is 2.33 bits per heavy atom. The van der Waals surface area contributed by atoms with Gasteiger partial charge in [-0.3, -0.25) is 0 Å². The first-order valence-electron chi connectivity index (χ1n) is 6.30. The maximum absolute atomic E-state index is 5.45. The predicted molar refractivity (Wildman–Crippen MR) is 75.9 cm³/mol. The Balaban J connectivity index is 2.49. The Labute approximate surface area is 110 Å². The van der Waals surface area contributed by atoms with Crippen molar-refractivity contribution in [2.45, 2.75) is 33.9 Å². The van der Waals surface area contributed by atoms with Gasteiger partial charge in [0, 0.05) is 30.2 Å². The van der Waals surface area contributed by atoms with Crippen molar-refractivity contribution in [1.29, 1.82) is 0 Å². The van der Waals surface area contributed by atoms with Gasteiger partial charge in [0.05, 0.1) is 7.11 Å². The lowest BCUT2D eigenvalue weighted by atomic mass is 10.1. The molecular weight excluding hydrogens is 224 g/mol. The Hall–Kier alpha value is -1.64. The summed E-state index contributed by atoms with van der Waals surface area (Å²) in [4.78, 5) is 4.58. The van der Waals surface area contributed by atoms with Crippen LogP contribution in [0.1, 0.15) is 25.0 Å². The van der Waals surface area contributed by atoms with E-state index in [0.29, 0.717) is 6.17 Å². The molecule has 0 spiro atoms. The highest BCUT2D eigenvalue weighted by Gasteiger charge is 2.26. The van der Waals surface area contributed by atoms with Crippen molar-refractivity contribution >= 4 is 5.69 Å². The summed E-state index contributed by atoms with van der Waals surface area (Å²) >= 11 is 0. The highest BCUT2D eigenvalue weighted by Crippen LogP contribution is 2.35. The number of benzene rings is 1. The molecule has 1 aliphatic heterocycles. The van der Waals surface area contributed by atoms with Crippen LogP contribution in [0.3, 0.4) is 0 Å². The molecule has 1 aliphatic rings. The second-order valence-corrected chi connectivity index (χ2v) is 5.03. The number of hydrogen-bond donors (Lipinski definition) is 0. The topological polar surface area (TPSA) is 15.7 Å². The molecule has 0 aliphatic carbocycles. The zero-order valence-corrected chi connectivity index (χ0v) is 12.1. The number of rotatable bonds is 2. The Morgan fingerprint density at radius 1 is 1.17 bits per heavy atom. The van der Waals surface area contributed by atoms with Crippen LogP contribution < -0.4 is 9.64 Å². The van der Waals surface area contributed by atoms with Gasteiger partial charge in [-0.05, 0) is 45.4 Å². The van der Waals surface area contributed by atoms with E-state index in [9.17, 15) is 0 Å². The molecule has 0 fully saturated rings. The Bertz CT molecular complexity index is 494. The predicted octanol–water partition coefficient (Wildman–Crippen LogP) is 3.27. The molecule has 3 heteroatoms. The maximum Gasteiger partial charge on any atom is 0.124 e. The Kier molecular flexibility index (Phi) is 3.24. The third kappa shape index (κ3) is 1.94. The van der Waals surface area contributed by atoms with Gasteiger partial charge in [-0.25, -0.2) is 0 Å². The van der Waals surface area contributed by atoms with E-state index >= 15 is 0 Å². The van der Waals surface area contributed by atoms with Gasteiger partial charge in [0.15, 0.2) is 0 Å². The molecule has 0 aromatic heterocycles. The number of allylic oxidation sites excluding steroid dienone is 1. The fourth-order valence-corrected chi connectivity index (χ4v) is 2.44. The van der Waals surface area contributed by atoms with E-state index < -0.39 is 0 Å². The van der Waals surface area contributed by atoms with Crippen molar-refractivity contribution in [3.63, 3.8) is 0 Å². The monoisotopic (exact) mass is 246 g/mol. The SMILES string of the molecule is COc1cc(C)cc(N2C=C(C)N(C)[C@@H]2C)c1C. The van der Waals surface area contributed by atoms with Crippen molar-refractivity contribution in [3.8, 4) is 5.75 Å². The van der Waals surface area contributed by atoms with Gasteiger partial charge in [0.25, 0.3) is 0 Å². The molecule has 2 rings (SSSR count). The molecule has 0 saturated heterocycles. The lowest BCUT2D eigenvalue weighted by Crippen LogP contribution is -2.34. The fourth-order valence-electron chi connectivity index (χ4n) is 2.44. The van der Waals surface area contributed by atoms with Gasteiger partial charge < -0.3 is 14.5 Å². The van der Waals surface area contributed by atoms with Crippen LogP contribution in [0.25, 0.3) is 0 Å². The van der Waals surface area contributed by atoms with Crippen LogP contribution in [0, 0.1) is 13.8 Å². The molecule has 0 saturated carbocycles. The molecule has 1 atom stereocenters. The second-order valence-electron chi connectivity index (χ2n) is 5.03. The number of aryl methyl sites for hydroxylation is 1. The molecule has 3 nitrogen and oxygen atoms in total. The van der Waals surface area contributed by atoms with E-state index in [-0.39, 0.29) is 0 Å². The van der Waals surface area contributed by atoms with Crippen molar-refractivity contribution in [2.75, 3.05) is 19.1 Å². The number of hydrogen-bond acceptors (Lipinski definition) is 3. The summed E-state index contributed by atoms with van der Waals surface area (Å²) in [6.07, 6.45) is 2.54. The van der Waals surface area contributed by atoms with E-state index in [2.05, 4.69) is 62.9 Å². The molecule has 0 amide bonds. The molecule has 98 valence electrons. The van der Waals surface area contributed by atoms with Crippen LogP contribution in [0.4, 0.5) is 5.69 Å². The summed E-state index contributed by atoms with van der Waals surface area (Å²) in [5, 5.41) is 0. The van der Waals surface area contributed by atoms with E-state index in [0.717, 1.165) is 5.75 Å². The standard InChI is InChI=1S/C15H22N2O/c1-10-7-14(12(3)15(8-10)18-6)17-9-11(2)16(5)13(17)4/h7-9,13H,1-6H3/t13-/m0/s1. The lowest BCUT2D eigenvalue weighted by Gasteiger charge is -2.29. The zero-order valence-electron chi connectivity index (χ0n) is 12.1. The molecule has 1 aromatic carbocycles. The summed E-state index contributed by atoms with van der Waals surface area (Å²) in [7, 11) is 3.85. The van der Waals surface area contributed by atoms with Gasteiger partial charge in [-0.1, -0.05) is 0 Å². The molecule has 1 aromatic rings. The minimum Gasteiger partial charge on any atom is -0.496 e. The van der Waals surface area contributed by atoms with E-state index in [1.807, 2.05) is 0 Å². The average Bonchev–Trinajstić information content (AvgIpc) is 2.59. The Morgan fingerprint density at radius 2 is 1.83 bits per heavy atom. The van der Waals surface area contributed by atoms with Crippen LogP contribution in [0.5, 0.6) is 5.75 Å². The van der Waals surface area contributed by atoms with Crippen molar-refractivity contribution in [1.82, 2.24) is 4.90 Å². The molecule has 18 heavy (non-hydrogen) atoms. The number of ether oxygens (including phenoxy) is 1. The van der Waals surface area contributed by atoms with Crippen LogP contribution in [-0.2, 0) is 0 Å². The number of methoxy groups -OCH3 is 1. The summed E-state index contributed by atoms with van der Waals surface area (Å²) in [5.74, 6) is 0.956. The first-order chi connectivity index (χ1) is 8.45. The third-order valence-corrected chi connectivity index (χ3v) is 3.82. The molecule has 0 bridgehead atoms. The summed E-state index contributed by atoms with van der Waals surface area (Å²) in [6, 6.07) is 4.30. The molecule has 0 radical (unpaired) electrons. The molecule has 1 heterocycles. The number of anilines is 1. The minimum atomic E-state index is 0.343. The van der Waals surface area contributed by atoms with Gasteiger partial charge in [0.1, 0.15) is 11.9 Å². The maximum atomic E-state index is 5.45. The van der Waals surface area contributed by atoms with E-state index in [4.69, 9.17) is 4.74 Å². The summed E-state index contributed by atoms with van der Waals surface area (Å²) in [5.41, 5.74) is 4.92. The van der Waals surface area contributed by atoms with Crippen molar-refractivity contribution in [2.24, 2.45) is 0 Å². The third-order valence-electron chi connectivity index (χ3n) is 3.82. The van der Waals surface area contributed by atoms with Crippen LogP contribution in [-0.4, -0.2) is 25.2 Å². The first kappa shape index (κ1) is 12.8. The first-order valence-corrected chi connectivity index (χ1v) is 6.30. The van der Waals surface area contributed by atoms with Crippen molar-refractivity contribution < 1.29 is 4.74 Å². The van der Waals surface area contributed by atoms with Crippen LogP contribution in [0.15, 0.2) is 24.0 Å². The van der Waals surface area contributed by atoms with E-state index in [1.54, 1.807) is 7.11 Å². The highest BCUT2D eigenvalue weighted by atomic mass is 16.5. The largest absolute Gasteiger partial charge is 0.496 e. The van der Waals surface area contributed by atoms with Gasteiger partial charge in [-0.15, -0.1) is 0 Å². The quantitative estimate of drug-likeness (QED) is 0.796. The molecule has 0 N–H and O–H groups in total. The smallest absolute Gasteiger partial charge is 0.124 e. The van der Waals surface area contributed by atoms with Gasteiger partial charge in [0.2, 0.25) is 0 Å². The molecular formula is C15H22N2O. The van der Waals surface area contributed by atoms with Crippen LogP contribution in [0.2, 0.25) is 0 Å². The highest BCUT2D eigenvalue weighted by molar-refractivity contribution is 5.63. The number of nitrogens with zero attached hydrogens (tertiary/aromatic N) is 2. The van der Waals surface area contributed by atoms with Crippen molar-refractivity contribution in [3.05, 3.63) is 35.2 Å². The normalized spacial score (nSPS) is 19.2. The average molecular weight is 246 g/mol. The lowest BCUT2D eigenvalue weighted by molar-refractivity contribution is 0.357.